The number of nitrogens with one attached hydrogen (secondary N) is 1. The summed E-state index contributed by atoms with van der Waals surface area (Å²) in [4.78, 5) is 27.2. The fourth-order valence-corrected chi connectivity index (χ4v) is 4.58. The van der Waals surface area contributed by atoms with Gasteiger partial charge >= 0.3 is 5.69 Å². The first-order valence-corrected chi connectivity index (χ1v) is 9.69. The third-order valence-electron chi connectivity index (χ3n) is 6.17. The number of nitrogens with zero attached hydrogens (tertiary/aromatic N) is 4. The molecule has 2 aliphatic rings. The van der Waals surface area contributed by atoms with Gasteiger partial charge in [-0.3, -0.25) is 18.8 Å². The summed E-state index contributed by atoms with van der Waals surface area (Å²) in [6.07, 6.45) is 9.69. The van der Waals surface area contributed by atoms with Gasteiger partial charge in [0, 0.05) is 26.2 Å². The Bertz CT molecular complexity index is 805. The lowest BCUT2D eigenvalue weighted by Crippen LogP contribution is -2.56. The Morgan fingerprint density at radius 2 is 1.62 bits per heavy atom. The molecule has 1 aliphatic carbocycles. The zero-order chi connectivity index (χ0) is 18.7. The van der Waals surface area contributed by atoms with Crippen molar-refractivity contribution in [2.45, 2.75) is 56.9 Å². The average Bonchev–Trinajstić information content (AvgIpc) is 2.69. The van der Waals surface area contributed by atoms with Crippen LogP contribution in [0.25, 0.3) is 0 Å². The second kappa shape index (κ2) is 7.67. The molecule has 3 rings (SSSR count). The van der Waals surface area contributed by atoms with Crippen molar-refractivity contribution >= 4 is 5.82 Å². The Labute approximate surface area is 154 Å². The van der Waals surface area contributed by atoms with E-state index in [2.05, 4.69) is 10.2 Å². The molecule has 1 saturated carbocycles. The van der Waals surface area contributed by atoms with E-state index < -0.39 is 11.2 Å². The lowest BCUT2D eigenvalue weighted by atomic mass is 9.79. The van der Waals surface area contributed by atoms with Crippen molar-refractivity contribution in [1.82, 2.24) is 14.0 Å². The van der Waals surface area contributed by atoms with Crippen LogP contribution in [0.15, 0.2) is 9.59 Å². The average molecular weight is 359 g/mol. The molecule has 142 valence electrons. The number of likely N-dealkylation sites (tertiary alicyclic amines) is 1. The highest BCUT2D eigenvalue weighted by molar-refractivity contribution is 5.51. The van der Waals surface area contributed by atoms with Crippen LogP contribution in [0, 0.1) is 11.3 Å². The maximum Gasteiger partial charge on any atom is 0.332 e. The number of piperidine rings is 1. The predicted molar refractivity (Wildman–Crippen MR) is 101 cm³/mol. The van der Waals surface area contributed by atoms with E-state index in [0.29, 0.717) is 12.4 Å². The third kappa shape index (κ3) is 3.30. The number of hydrogen-bond acceptors (Lipinski definition) is 5. The standard InChI is InChI=1S/C19H29N5O2/c1-22-16(15(13-20)17(25)23(2)18(22)26)21-14-19(9-5-3-6-10-19)24-11-7-4-8-12-24/h21H,3-12,14H2,1-2H3. The highest BCUT2D eigenvalue weighted by Gasteiger charge is 2.38. The van der Waals surface area contributed by atoms with Crippen LogP contribution in [-0.2, 0) is 14.1 Å². The summed E-state index contributed by atoms with van der Waals surface area (Å²) in [5, 5.41) is 12.8. The van der Waals surface area contributed by atoms with E-state index in [9.17, 15) is 14.9 Å². The van der Waals surface area contributed by atoms with E-state index >= 15 is 0 Å². The number of anilines is 1. The van der Waals surface area contributed by atoms with Gasteiger partial charge < -0.3 is 5.32 Å². The van der Waals surface area contributed by atoms with E-state index in [1.165, 1.54) is 50.1 Å². The van der Waals surface area contributed by atoms with Gasteiger partial charge in [-0.25, -0.2) is 4.79 Å². The first-order valence-electron chi connectivity index (χ1n) is 9.69. The van der Waals surface area contributed by atoms with Crippen LogP contribution >= 0.6 is 0 Å². The van der Waals surface area contributed by atoms with E-state index in [1.54, 1.807) is 7.05 Å². The smallest absolute Gasteiger partial charge is 0.332 e. The monoisotopic (exact) mass is 359 g/mol. The molecule has 0 aromatic carbocycles. The van der Waals surface area contributed by atoms with E-state index in [1.807, 2.05) is 6.07 Å². The minimum atomic E-state index is -0.534. The Hall–Kier alpha value is -2.07. The summed E-state index contributed by atoms with van der Waals surface area (Å²) in [6.45, 7) is 2.90. The molecule has 26 heavy (non-hydrogen) atoms. The number of nitriles is 1. The maximum atomic E-state index is 12.3. The van der Waals surface area contributed by atoms with Crippen molar-refractivity contribution in [2.75, 3.05) is 25.0 Å². The molecule has 1 saturated heterocycles. The quantitative estimate of drug-likeness (QED) is 0.882. The second-order valence-corrected chi connectivity index (χ2v) is 7.73. The molecule has 7 nitrogen and oxygen atoms in total. The Balaban J connectivity index is 1.92. The molecule has 2 fully saturated rings. The SMILES string of the molecule is Cn1c(NCC2(N3CCCCC3)CCCCC2)c(C#N)c(=O)n(C)c1=O. The van der Waals surface area contributed by atoms with Gasteiger partial charge in [-0.1, -0.05) is 25.7 Å². The topological polar surface area (TPSA) is 83.1 Å². The summed E-state index contributed by atoms with van der Waals surface area (Å²) < 4.78 is 2.37. The minimum absolute atomic E-state index is 0.0132. The summed E-state index contributed by atoms with van der Waals surface area (Å²) >= 11 is 0. The van der Waals surface area contributed by atoms with Gasteiger partial charge in [-0.05, 0) is 38.8 Å². The molecular weight excluding hydrogens is 330 g/mol. The first-order chi connectivity index (χ1) is 12.5. The van der Waals surface area contributed by atoms with Gasteiger partial charge in [0.05, 0.1) is 0 Å². The van der Waals surface area contributed by atoms with Gasteiger partial charge in [-0.2, -0.15) is 5.26 Å². The molecule has 0 radical (unpaired) electrons. The summed E-state index contributed by atoms with van der Waals surface area (Å²) in [5.74, 6) is 0.350. The van der Waals surface area contributed by atoms with Crippen LogP contribution < -0.4 is 16.6 Å². The highest BCUT2D eigenvalue weighted by Crippen LogP contribution is 2.35. The van der Waals surface area contributed by atoms with E-state index in [-0.39, 0.29) is 11.1 Å². The molecule has 1 aromatic rings. The Morgan fingerprint density at radius 1 is 1.00 bits per heavy atom. The molecular formula is C19H29N5O2. The molecule has 0 spiro atoms. The van der Waals surface area contributed by atoms with Crippen molar-refractivity contribution in [3.8, 4) is 6.07 Å². The van der Waals surface area contributed by atoms with Crippen LogP contribution in [0.2, 0.25) is 0 Å². The molecule has 2 heterocycles. The molecule has 0 amide bonds. The number of rotatable bonds is 4. The van der Waals surface area contributed by atoms with Gasteiger partial charge in [0.1, 0.15) is 11.9 Å². The van der Waals surface area contributed by atoms with Gasteiger partial charge in [-0.15, -0.1) is 0 Å². The zero-order valence-electron chi connectivity index (χ0n) is 15.9. The molecule has 0 unspecified atom stereocenters. The van der Waals surface area contributed by atoms with E-state index in [4.69, 9.17) is 0 Å². The summed E-state index contributed by atoms with van der Waals surface area (Å²) in [5.41, 5.74) is -0.872. The molecule has 1 N–H and O–H groups in total. The Kier molecular flexibility index (Phi) is 5.52. The van der Waals surface area contributed by atoms with Gasteiger partial charge in [0.2, 0.25) is 0 Å². The summed E-state index contributed by atoms with van der Waals surface area (Å²) in [6, 6.07) is 1.98. The fourth-order valence-electron chi connectivity index (χ4n) is 4.58. The van der Waals surface area contributed by atoms with Crippen molar-refractivity contribution < 1.29 is 0 Å². The first kappa shape index (κ1) is 18.7. The number of hydrogen-bond donors (Lipinski definition) is 1. The molecule has 1 aliphatic heterocycles. The van der Waals surface area contributed by atoms with Crippen LogP contribution in [0.4, 0.5) is 5.82 Å². The lowest BCUT2D eigenvalue weighted by molar-refractivity contribution is 0.0436. The van der Waals surface area contributed by atoms with Crippen LogP contribution in [0.5, 0.6) is 0 Å². The van der Waals surface area contributed by atoms with Crippen molar-refractivity contribution in [3.63, 3.8) is 0 Å². The summed E-state index contributed by atoms with van der Waals surface area (Å²) in [7, 11) is 3.02. The second-order valence-electron chi connectivity index (χ2n) is 7.73. The molecule has 0 atom stereocenters. The predicted octanol–water partition coefficient (Wildman–Crippen LogP) is 1.56. The van der Waals surface area contributed by atoms with Crippen molar-refractivity contribution in [2.24, 2.45) is 14.1 Å². The third-order valence-corrected chi connectivity index (χ3v) is 6.17. The fraction of sp³-hybridized carbons (Fsp3) is 0.737. The minimum Gasteiger partial charge on any atom is -0.368 e. The van der Waals surface area contributed by atoms with Crippen LogP contribution in [0.1, 0.15) is 56.9 Å². The maximum absolute atomic E-state index is 12.3. The molecule has 0 bridgehead atoms. The van der Waals surface area contributed by atoms with Gasteiger partial charge in [0.25, 0.3) is 5.56 Å². The highest BCUT2D eigenvalue weighted by atomic mass is 16.2. The van der Waals surface area contributed by atoms with Gasteiger partial charge in [0.15, 0.2) is 5.56 Å². The van der Waals surface area contributed by atoms with Crippen LogP contribution in [-0.4, -0.2) is 39.2 Å². The zero-order valence-corrected chi connectivity index (χ0v) is 15.9. The Morgan fingerprint density at radius 3 is 2.23 bits per heavy atom. The normalized spacial score (nSPS) is 20.5. The molecule has 1 aromatic heterocycles. The molecule has 7 heteroatoms. The van der Waals surface area contributed by atoms with E-state index in [0.717, 1.165) is 30.5 Å². The van der Waals surface area contributed by atoms with Crippen molar-refractivity contribution in [1.29, 1.82) is 5.26 Å². The lowest BCUT2D eigenvalue weighted by Gasteiger charge is -2.48. The number of aromatic nitrogens is 2. The van der Waals surface area contributed by atoms with Crippen LogP contribution in [0.3, 0.4) is 0 Å². The van der Waals surface area contributed by atoms with Crippen molar-refractivity contribution in [3.05, 3.63) is 26.4 Å². The largest absolute Gasteiger partial charge is 0.368 e.